The summed E-state index contributed by atoms with van der Waals surface area (Å²) in [6.45, 7) is 3.78. The summed E-state index contributed by atoms with van der Waals surface area (Å²) in [5.74, 6) is -0.469. The Kier molecular flexibility index (Phi) is 4.51. The van der Waals surface area contributed by atoms with E-state index in [1.54, 1.807) is 18.2 Å². The first kappa shape index (κ1) is 16.0. The Morgan fingerprint density at radius 3 is 2.18 bits per heavy atom. The van der Waals surface area contributed by atoms with Crippen molar-refractivity contribution in [3.8, 4) is 0 Å². The topological polar surface area (TPSA) is 72.5 Å². The molecule has 2 aromatic rings. The zero-order chi connectivity index (χ0) is 16.3. The lowest BCUT2D eigenvalue weighted by molar-refractivity contribution is 0.0601. The third-order valence-electron chi connectivity index (χ3n) is 3.35. The fourth-order valence-electron chi connectivity index (χ4n) is 1.89. The highest BCUT2D eigenvalue weighted by Gasteiger charge is 2.15. The van der Waals surface area contributed by atoms with E-state index in [0.29, 0.717) is 11.3 Å². The van der Waals surface area contributed by atoms with E-state index in [1.807, 2.05) is 13.8 Å². The normalized spacial score (nSPS) is 11.0. The van der Waals surface area contributed by atoms with E-state index in [2.05, 4.69) is 9.46 Å². The van der Waals surface area contributed by atoms with Gasteiger partial charge in [0, 0.05) is 5.69 Å². The number of rotatable bonds is 4. The van der Waals surface area contributed by atoms with Gasteiger partial charge in [-0.15, -0.1) is 0 Å². The van der Waals surface area contributed by atoms with Gasteiger partial charge in [0.2, 0.25) is 0 Å². The lowest BCUT2D eigenvalue weighted by atomic mass is 10.1. The van der Waals surface area contributed by atoms with Gasteiger partial charge < -0.3 is 4.74 Å². The summed E-state index contributed by atoms with van der Waals surface area (Å²) in [6.07, 6.45) is 0. The number of benzene rings is 2. The van der Waals surface area contributed by atoms with Crippen molar-refractivity contribution >= 4 is 21.7 Å². The van der Waals surface area contributed by atoms with Crippen LogP contribution >= 0.6 is 0 Å². The molecule has 0 aromatic heterocycles. The lowest BCUT2D eigenvalue weighted by Gasteiger charge is -2.10. The predicted octanol–water partition coefficient (Wildman–Crippen LogP) is 2.89. The molecule has 0 unspecified atom stereocenters. The van der Waals surface area contributed by atoms with Crippen molar-refractivity contribution in [2.24, 2.45) is 0 Å². The van der Waals surface area contributed by atoms with Gasteiger partial charge in [-0.3, -0.25) is 4.72 Å². The molecule has 1 N–H and O–H groups in total. The molecule has 6 heteroatoms. The number of ether oxygens (including phenoxy) is 1. The molecule has 0 radical (unpaired) electrons. The van der Waals surface area contributed by atoms with Gasteiger partial charge in [0.05, 0.1) is 17.6 Å². The van der Waals surface area contributed by atoms with Gasteiger partial charge in [-0.2, -0.15) is 0 Å². The van der Waals surface area contributed by atoms with Crippen LogP contribution in [0.5, 0.6) is 0 Å². The number of carbonyl (C=O) groups excluding carboxylic acids is 1. The van der Waals surface area contributed by atoms with Crippen LogP contribution in [0.15, 0.2) is 47.4 Å². The first-order valence-corrected chi connectivity index (χ1v) is 8.10. The maximum atomic E-state index is 12.3. The molecule has 5 nitrogen and oxygen atoms in total. The second-order valence-corrected chi connectivity index (χ2v) is 6.60. The van der Waals surface area contributed by atoms with Crippen LogP contribution in [0.1, 0.15) is 21.5 Å². The molecular formula is C16H17NO4S. The molecule has 0 fully saturated rings. The van der Waals surface area contributed by atoms with Crippen LogP contribution in [-0.2, 0) is 14.8 Å². The summed E-state index contributed by atoms with van der Waals surface area (Å²) in [5.41, 5.74) is 2.67. The van der Waals surface area contributed by atoms with Crippen LogP contribution in [0, 0.1) is 13.8 Å². The van der Waals surface area contributed by atoms with Crippen molar-refractivity contribution in [3.63, 3.8) is 0 Å². The third-order valence-corrected chi connectivity index (χ3v) is 4.73. The van der Waals surface area contributed by atoms with Crippen LogP contribution in [0.25, 0.3) is 0 Å². The van der Waals surface area contributed by atoms with Gasteiger partial charge >= 0.3 is 5.97 Å². The minimum absolute atomic E-state index is 0.202. The molecule has 0 spiro atoms. The number of aryl methyl sites for hydroxylation is 2. The van der Waals surface area contributed by atoms with E-state index >= 15 is 0 Å². The summed E-state index contributed by atoms with van der Waals surface area (Å²) in [7, 11) is -2.37. The van der Waals surface area contributed by atoms with Gasteiger partial charge in [-0.25, -0.2) is 13.2 Å². The molecule has 0 bridgehead atoms. The number of methoxy groups -OCH3 is 1. The number of hydrogen-bond donors (Lipinski definition) is 1. The minimum atomic E-state index is -3.66. The Morgan fingerprint density at radius 1 is 1.00 bits per heavy atom. The smallest absolute Gasteiger partial charge is 0.337 e. The van der Waals surface area contributed by atoms with Gasteiger partial charge in [-0.1, -0.05) is 6.07 Å². The zero-order valence-corrected chi connectivity index (χ0v) is 13.4. The van der Waals surface area contributed by atoms with Gasteiger partial charge in [0.15, 0.2) is 0 Å². The third kappa shape index (κ3) is 3.46. The van der Waals surface area contributed by atoms with Crippen molar-refractivity contribution in [2.75, 3.05) is 11.8 Å². The number of hydrogen-bond acceptors (Lipinski definition) is 4. The van der Waals surface area contributed by atoms with E-state index in [-0.39, 0.29) is 4.90 Å². The van der Waals surface area contributed by atoms with Crippen LogP contribution in [0.2, 0.25) is 0 Å². The van der Waals surface area contributed by atoms with E-state index < -0.39 is 16.0 Å². The molecule has 0 atom stereocenters. The Hall–Kier alpha value is -2.34. The molecule has 0 saturated heterocycles. The predicted molar refractivity (Wildman–Crippen MR) is 84.5 cm³/mol. The molecule has 116 valence electrons. The average molecular weight is 319 g/mol. The molecular weight excluding hydrogens is 302 g/mol. The molecule has 0 heterocycles. The molecule has 2 rings (SSSR count). The molecule has 0 aliphatic heterocycles. The van der Waals surface area contributed by atoms with Crippen molar-refractivity contribution in [2.45, 2.75) is 18.7 Å². The van der Waals surface area contributed by atoms with Crippen LogP contribution in [0.3, 0.4) is 0 Å². The van der Waals surface area contributed by atoms with E-state index in [1.165, 1.54) is 31.4 Å². The standard InChI is InChI=1S/C16H17NO4S/c1-11-4-9-15(10-12(11)2)22(19,20)17-14-7-5-13(6-8-14)16(18)21-3/h4-10,17H,1-3H3. The number of nitrogens with one attached hydrogen (secondary N) is 1. The van der Waals surface area contributed by atoms with Crippen molar-refractivity contribution in [3.05, 3.63) is 59.2 Å². The fourth-order valence-corrected chi connectivity index (χ4v) is 3.03. The quantitative estimate of drug-likeness (QED) is 0.880. The summed E-state index contributed by atoms with van der Waals surface area (Å²) < 4.78 is 31.8. The van der Waals surface area contributed by atoms with Crippen LogP contribution in [0.4, 0.5) is 5.69 Å². The van der Waals surface area contributed by atoms with Crippen molar-refractivity contribution in [1.82, 2.24) is 0 Å². The van der Waals surface area contributed by atoms with E-state index in [9.17, 15) is 13.2 Å². The Bertz CT molecular complexity index is 795. The zero-order valence-electron chi connectivity index (χ0n) is 12.6. The maximum Gasteiger partial charge on any atom is 0.337 e. The van der Waals surface area contributed by atoms with Crippen LogP contribution < -0.4 is 4.72 Å². The highest BCUT2D eigenvalue weighted by atomic mass is 32.2. The second kappa shape index (κ2) is 6.19. The van der Waals surface area contributed by atoms with Crippen molar-refractivity contribution in [1.29, 1.82) is 0 Å². The summed E-state index contributed by atoms with van der Waals surface area (Å²) in [6, 6.07) is 11.0. The molecule has 0 saturated carbocycles. The lowest BCUT2D eigenvalue weighted by Crippen LogP contribution is -2.13. The second-order valence-electron chi connectivity index (χ2n) is 4.92. The Morgan fingerprint density at radius 2 is 1.64 bits per heavy atom. The molecule has 22 heavy (non-hydrogen) atoms. The number of sulfonamides is 1. The largest absolute Gasteiger partial charge is 0.465 e. The van der Waals surface area contributed by atoms with Gasteiger partial charge in [0.25, 0.3) is 10.0 Å². The summed E-state index contributed by atoms with van der Waals surface area (Å²) >= 11 is 0. The van der Waals surface area contributed by atoms with E-state index in [0.717, 1.165) is 11.1 Å². The van der Waals surface area contributed by atoms with E-state index in [4.69, 9.17) is 0 Å². The minimum Gasteiger partial charge on any atom is -0.465 e. The number of anilines is 1. The fraction of sp³-hybridized carbons (Fsp3) is 0.188. The number of esters is 1. The maximum absolute atomic E-state index is 12.3. The first-order valence-electron chi connectivity index (χ1n) is 6.62. The SMILES string of the molecule is COC(=O)c1ccc(NS(=O)(=O)c2ccc(C)c(C)c2)cc1. The monoisotopic (exact) mass is 319 g/mol. The molecule has 2 aromatic carbocycles. The summed E-state index contributed by atoms with van der Waals surface area (Å²) in [5, 5.41) is 0. The average Bonchev–Trinajstić information content (AvgIpc) is 2.49. The molecule has 0 amide bonds. The highest BCUT2D eigenvalue weighted by Crippen LogP contribution is 2.19. The van der Waals surface area contributed by atoms with Crippen LogP contribution in [-0.4, -0.2) is 21.5 Å². The Balaban J connectivity index is 2.25. The molecule has 0 aliphatic carbocycles. The first-order chi connectivity index (χ1) is 10.3. The Labute approximate surface area is 130 Å². The highest BCUT2D eigenvalue weighted by molar-refractivity contribution is 7.92. The van der Waals surface area contributed by atoms with Gasteiger partial charge in [-0.05, 0) is 61.4 Å². The number of carbonyl (C=O) groups is 1. The molecule has 0 aliphatic rings. The van der Waals surface area contributed by atoms with Crippen molar-refractivity contribution < 1.29 is 17.9 Å². The summed E-state index contributed by atoms with van der Waals surface area (Å²) in [4.78, 5) is 11.5. The van der Waals surface area contributed by atoms with Gasteiger partial charge in [0.1, 0.15) is 0 Å².